The number of ether oxygens (including phenoxy) is 1. The van der Waals surface area contributed by atoms with Crippen LogP contribution in [0, 0.1) is 12.8 Å². The van der Waals surface area contributed by atoms with E-state index in [0.717, 1.165) is 6.42 Å². The highest BCUT2D eigenvalue weighted by Gasteiger charge is 2.47. The lowest BCUT2D eigenvalue weighted by Crippen LogP contribution is -2.07. The van der Waals surface area contributed by atoms with E-state index in [2.05, 4.69) is 19.9 Å². The lowest BCUT2D eigenvalue weighted by Gasteiger charge is -2.01. The molecular formula is C14H18NO2P. The van der Waals surface area contributed by atoms with E-state index >= 15 is 0 Å². The van der Waals surface area contributed by atoms with Crippen LogP contribution in [0.4, 0.5) is 0 Å². The molecular weight excluding hydrogens is 245 g/mol. The SMILES string of the molecule is CCOC(=O)C1CC1c1nc2p(c1C)CC(C)=C2. The summed E-state index contributed by atoms with van der Waals surface area (Å²) in [5.74, 6) is 0.359. The van der Waals surface area contributed by atoms with Gasteiger partial charge in [-0.2, -0.15) is 0 Å². The van der Waals surface area contributed by atoms with E-state index in [-0.39, 0.29) is 19.4 Å². The van der Waals surface area contributed by atoms with Gasteiger partial charge in [0.1, 0.15) is 0 Å². The van der Waals surface area contributed by atoms with Crippen molar-refractivity contribution < 1.29 is 9.53 Å². The minimum Gasteiger partial charge on any atom is -0.466 e. The van der Waals surface area contributed by atoms with Crippen LogP contribution in [0.2, 0.25) is 0 Å². The number of rotatable bonds is 3. The fraction of sp³-hybridized carbons (Fsp3) is 0.571. The number of esters is 1. The van der Waals surface area contributed by atoms with Gasteiger partial charge in [-0.1, -0.05) is 13.1 Å². The van der Waals surface area contributed by atoms with Crippen molar-refractivity contribution in [1.29, 1.82) is 0 Å². The largest absolute Gasteiger partial charge is 0.466 e. The van der Waals surface area contributed by atoms with Crippen LogP contribution in [0.25, 0.3) is 6.08 Å². The zero-order chi connectivity index (χ0) is 12.9. The first-order valence-corrected chi connectivity index (χ1v) is 8.05. The van der Waals surface area contributed by atoms with Gasteiger partial charge >= 0.3 is 5.97 Å². The number of hydrogen-bond acceptors (Lipinski definition) is 3. The summed E-state index contributed by atoms with van der Waals surface area (Å²) >= 11 is 0. The summed E-state index contributed by atoms with van der Waals surface area (Å²) in [7, 11) is -0.187. The number of fused-ring (bicyclic) bond motifs is 1. The summed E-state index contributed by atoms with van der Waals surface area (Å²) in [6.07, 6.45) is 4.32. The maximum absolute atomic E-state index is 11.7. The van der Waals surface area contributed by atoms with Gasteiger partial charge in [-0.3, -0.25) is 4.79 Å². The second-order valence-corrected chi connectivity index (χ2v) is 7.52. The van der Waals surface area contributed by atoms with Crippen molar-refractivity contribution >= 4 is 19.6 Å². The molecule has 0 bridgehead atoms. The van der Waals surface area contributed by atoms with Gasteiger partial charge in [0.15, 0.2) is 0 Å². The number of nitrogens with zero attached hydrogens (tertiary/aromatic N) is 1. The molecule has 3 unspecified atom stereocenters. The first kappa shape index (κ1) is 12.0. The molecule has 3 rings (SSSR count). The molecule has 0 saturated heterocycles. The van der Waals surface area contributed by atoms with Crippen molar-refractivity contribution in [3.63, 3.8) is 0 Å². The van der Waals surface area contributed by atoms with Crippen LogP contribution in [0.15, 0.2) is 5.57 Å². The quantitative estimate of drug-likeness (QED) is 0.784. The van der Waals surface area contributed by atoms with Gasteiger partial charge in [0, 0.05) is 12.1 Å². The van der Waals surface area contributed by atoms with E-state index in [0.29, 0.717) is 12.5 Å². The first-order valence-electron chi connectivity index (χ1n) is 6.52. The van der Waals surface area contributed by atoms with Crippen molar-refractivity contribution in [2.24, 2.45) is 5.92 Å². The summed E-state index contributed by atoms with van der Waals surface area (Å²) in [4.78, 5) is 16.5. The smallest absolute Gasteiger partial charge is 0.309 e. The number of aromatic nitrogens is 1. The highest BCUT2D eigenvalue weighted by atomic mass is 31.1. The molecule has 0 N–H and O–H groups in total. The van der Waals surface area contributed by atoms with E-state index in [1.165, 1.54) is 28.1 Å². The van der Waals surface area contributed by atoms with E-state index in [4.69, 9.17) is 9.72 Å². The Hall–Kier alpha value is -1.08. The third kappa shape index (κ3) is 1.81. The lowest BCUT2D eigenvalue weighted by molar-refractivity contribution is -0.144. The Bertz CT molecular complexity index is 544. The van der Waals surface area contributed by atoms with Crippen LogP contribution in [0.3, 0.4) is 0 Å². The Kier molecular flexibility index (Phi) is 2.82. The Labute approximate surface area is 108 Å². The van der Waals surface area contributed by atoms with Gasteiger partial charge in [0.25, 0.3) is 0 Å². The number of hydrogen-bond donors (Lipinski definition) is 0. The normalized spacial score (nSPS) is 25.7. The second-order valence-electron chi connectivity index (χ2n) is 5.22. The molecule has 1 aliphatic carbocycles. The molecule has 1 aromatic rings. The summed E-state index contributed by atoms with van der Waals surface area (Å²) < 4.78 is 5.09. The zero-order valence-corrected chi connectivity index (χ0v) is 12.0. The topological polar surface area (TPSA) is 39.2 Å². The highest BCUT2D eigenvalue weighted by Crippen LogP contribution is 2.55. The average molecular weight is 263 g/mol. The minimum absolute atomic E-state index is 0.0421. The van der Waals surface area contributed by atoms with Gasteiger partial charge in [-0.25, -0.2) is 4.98 Å². The van der Waals surface area contributed by atoms with Crippen molar-refractivity contribution in [3.05, 3.63) is 22.0 Å². The molecule has 4 heteroatoms. The minimum atomic E-state index is -0.187. The predicted octanol–water partition coefficient (Wildman–Crippen LogP) is 3.46. The van der Waals surface area contributed by atoms with E-state index in [1.807, 2.05) is 6.92 Å². The van der Waals surface area contributed by atoms with Crippen molar-refractivity contribution in [2.75, 3.05) is 6.61 Å². The highest BCUT2D eigenvalue weighted by molar-refractivity contribution is 7.51. The molecule has 1 fully saturated rings. The molecule has 3 atom stereocenters. The van der Waals surface area contributed by atoms with E-state index in [9.17, 15) is 4.79 Å². The van der Waals surface area contributed by atoms with Crippen LogP contribution in [-0.2, 0) is 15.7 Å². The molecule has 0 aromatic carbocycles. The Balaban J connectivity index is 1.80. The number of carbonyl (C=O) groups is 1. The molecule has 18 heavy (non-hydrogen) atoms. The molecule has 0 spiro atoms. The zero-order valence-electron chi connectivity index (χ0n) is 11.1. The van der Waals surface area contributed by atoms with E-state index < -0.39 is 0 Å². The standard InChI is InChI=1S/C14H18NO2P/c1-4-17-14(16)11-6-10(11)13-9(3)18-7-8(2)5-12(18)15-13/h5,10-11H,4,6-7H2,1-3H3. The van der Waals surface area contributed by atoms with Crippen molar-refractivity contribution in [1.82, 2.24) is 4.98 Å². The van der Waals surface area contributed by atoms with Crippen LogP contribution in [0.5, 0.6) is 0 Å². The monoisotopic (exact) mass is 263 g/mol. The van der Waals surface area contributed by atoms with Gasteiger partial charge in [0.2, 0.25) is 0 Å². The molecule has 1 aliphatic heterocycles. The van der Waals surface area contributed by atoms with Gasteiger partial charge in [0.05, 0.1) is 23.6 Å². The predicted molar refractivity (Wildman–Crippen MR) is 72.8 cm³/mol. The Morgan fingerprint density at radius 2 is 2.33 bits per heavy atom. The van der Waals surface area contributed by atoms with Gasteiger partial charge in [-0.15, -0.1) is 0 Å². The summed E-state index contributed by atoms with van der Waals surface area (Å²) in [5, 5.41) is 1.44. The summed E-state index contributed by atoms with van der Waals surface area (Å²) in [5.41, 5.74) is 3.90. The van der Waals surface area contributed by atoms with E-state index in [1.54, 1.807) is 0 Å². The second kappa shape index (κ2) is 4.24. The maximum atomic E-state index is 11.7. The van der Waals surface area contributed by atoms with Crippen molar-refractivity contribution in [3.8, 4) is 0 Å². The lowest BCUT2D eigenvalue weighted by atomic mass is 10.2. The molecule has 96 valence electrons. The Morgan fingerprint density at radius 1 is 1.56 bits per heavy atom. The van der Waals surface area contributed by atoms with Crippen LogP contribution in [0.1, 0.15) is 42.6 Å². The molecule has 1 aromatic heterocycles. The number of carbonyl (C=O) groups excluding carboxylic acids is 1. The van der Waals surface area contributed by atoms with Gasteiger partial charge in [-0.05, 0) is 38.6 Å². The third-order valence-electron chi connectivity index (χ3n) is 3.80. The molecule has 2 heterocycles. The third-order valence-corrected chi connectivity index (χ3v) is 6.44. The Morgan fingerprint density at radius 3 is 3.00 bits per heavy atom. The fourth-order valence-electron chi connectivity index (χ4n) is 2.76. The number of allylic oxidation sites excluding steroid dienone is 1. The average Bonchev–Trinajstić information content (AvgIpc) is 2.95. The summed E-state index contributed by atoms with van der Waals surface area (Å²) in [6.45, 7) is 6.71. The van der Waals surface area contributed by atoms with Crippen LogP contribution < -0.4 is 0 Å². The molecule has 2 aliphatic rings. The molecule has 0 amide bonds. The van der Waals surface area contributed by atoms with Gasteiger partial charge < -0.3 is 4.74 Å². The molecule has 1 saturated carbocycles. The maximum Gasteiger partial charge on any atom is 0.309 e. The van der Waals surface area contributed by atoms with Crippen LogP contribution in [-0.4, -0.2) is 17.6 Å². The first-order chi connectivity index (χ1) is 8.61. The molecule has 0 radical (unpaired) electrons. The fourth-order valence-corrected chi connectivity index (χ4v) is 5.19. The van der Waals surface area contributed by atoms with Crippen LogP contribution >= 0.6 is 7.53 Å². The summed E-state index contributed by atoms with van der Waals surface area (Å²) in [6, 6.07) is 0. The molecule has 3 nitrogen and oxygen atoms in total. The van der Waals surface area contributed by atoms with Crippen molar-refractivity contribution in [2.45, 2.75) is 39.3 Å².